The molecule has 38 heavy (non-hydrogen) atoms. The maximum Gasteiger partial charge on any atom is 0.416 e. The number of carboxylic acids is 1. The summed E-state index contributed by atoms with van der Waals surface area (Å²) in [4.78, 5) is 13.1. The van der Waals surface area contributed by atoms with Crippen LogP contribution in [0, 0.1) is 11.3 Å². The third-order valence-corrected chi connectivity index (χ3v) is 6.48. The number of rotatable bonds is 7. The molecule has 1 heterocycles. The van der Waals surface area contributed by atoms with Gasteiger partial charge in [0, 0.05) is 18.7 Å². The zero-order chi connectivity index (χ0) is 27.3. The van der Waals surface area contributed by atoms with E-state index in [0.29, 0.717) is 16.7 Å². The predicted octanol–water partition coefficient (Wildman–Crippen LogP) is 5.19. The number of carbonyl (C=O) groups is 1. The van der Waals surface area contributed by atoms with Crippen LogP contribution in [0.5, 0.6) is 0 Å². The molecule has 0 unspecified atom stereocenters. The molecule has 196 valence electrons. The third-order valence-electron chi connectivity index (χ3n) is 6.48. The Morgan fingerprint density at radius 3 is 2.47 bits per heavy atom. The van der Waals surface area contributed by atoms with Crippen LogP contribution in [-0.2, 0) is 28.9 Å². The highest BCUT2D eigenvalue weighted by Crippen LogP contribution is 2.36. The molecule has 0 saturated carbocycles. The molecular formula is C29H25F3N2O4. The van der Waals surface area contributed by atoms with E-state index < -0.39 is 30.4 Å². The molecule has 0 amide bonds. The van der Waals surface area contributed by atoms with Gasteiger partial charge in [0.05, 0.1) is 30.9 Å². The Kier molecular flexibility index (Phi) is 8.27. The predicted molar refractivity (Wildman–Crippen MR) is 136 cm³/mol. The molecule has 0 spiro atoms. The van der Waals surface area contributed by atoms with Crippen LogP contribution < -0.4 is 0 Å². The Morgan fingerprint density at radius 1 is 1.08 bits per heavy atom. The van der Waals surface area contributed by atoms with Crippen LogP contribution in [0.2, 0.25) is 0 Å². The Hall–Kier alpha value is -3.97. The van der Waals surface area contributed by atoms with Gasteiger partial charge in [0.2, 0.25) is 0 Å². The van der Waals surface area contributed by atoms with E-state index in [9.17, 15) is 33.4 Å². The van der Waals surface area contributed by atoms with Gasteiger partial charge in [0.1, 0.15) is 12.1 Å². The Balaban J connectivity index is 1.74. The van der Waals surface area contributed by atoms with Gasteiger partial charge in [0.25, 0.3) is 0 Å². The molecule has 4 rings (SSSR count). The molecule has 6 nitrogen and oxygen atoms in total. The summed E-state index contributed by atoms with van der Waals surface area (Å²) >= 11 is 0. The fourth-order valence-corrected chi connectivity index (χ4v) is 4.53. The van der Waals surface area contributed by atoms with Crippen LogP contribution in [0.3, 0.4) is 0 Å². The monoisotopic (exact) mass is 522 g/mol. The van der Waals surface area contributed by atoms with Crippen LogP contribution in [0.4, 0.5) is 13.2 Å². The van der Waals surface area contributed by atoms with Crippen molar-refractivity contribution in [2.24, 2.45) is 0 Å². The minimum absolute atomic E-state index is 0.0694. The highest BCUT2D eigenvalue weighted by atomic mass is 19.4. The van der Waals surface area contributed by atoms with E-state index in [1.54, 1.807) is 18.2 Å². The van der Waals surface area contributed by atoms with Crippen molar-refractivity contribution in [2.45, 2.75) is 25.4 Å². The number of benzene rings is 3. The smallest absolute Gasteiger partial charge is 0.416 e. The van der Waals surface area contributed by atoms with Gasteiger partial charge in [-0.05, 0) is 39.9 Å². The first-order chi connectivity index (χ1) is 18.2. The zero-order valence-corrected chi connectivity index (χ0v) is 20.3. The number of aliphatic hydroxyl groups excluding tert-OH is 1. The lowest BCUT2D eigenvalue weighted by Crippen LogP contribution is -2.49. The second-order valence-electron chi connectivity index (χ2n) is 8.84. The average molecular weight is 523 g/mol. The maximum atomic E-state index is 14.1. The first-order valence-corrected chi connectivity index (χ1v) is 11.9. The largest absolute Gasteiger partial charge is 0.480 e. The van der Waals surface area contributed by atoms with E-state index in [1.165, 1.54) is 23.1 Å². The van der Waals surface area contributed by atoms with E-state index in [2.05, 4.69) is 6.07 Å². The third kappa shape index (κ3) is 5.94. The summed E-state index contributed by atoms with van der Waals surface area (Å²) < 4.78 is 47.6. The van der Waals surface area contributed by atoms with Gasteiger partial charge in [-0.1, -0.05) is 60.7 Å². The molecule has 1 fully saturated rings. The van der Waals surface area contributed by atoms with Gasteiger partial charge in [-0.3, -0.25) is 9.69 Å². The SMILES string of the molecule is N#Cc1c(/C=C/c2cc(CO)c(CN3CCOC[C@H]3C(=O)O)cc2C(F)(F)F)cccc1-c1ccccc1. The number of hydrogen-bond acceptors (Lipinski definition) is 5. The average Bonchev–Trinajstić information content (AvgIpc) is 2.91. The Labute approximate surface area is 217 Å². The molecule has 2 N–H and O–H groups in total. The molecule has 0 radical (unpaired) electrons. The van der Waals surface area contributed by atoms with Crippen LogP contribution in [0.25, 0.3) is 23.3 Å². The van der Waals surface area contributed by atoms with Crippen LogP contribution in [-0.4, -0.2) is 46.9 Å². The quantitative estimate of drug-likeness (QED) is 0.415. The molecule has 9 heteroatoms. The molecule has 1 aliphatic heterocycles. The van der Waals surface area contributed by atoms with E-state index in [4.69, 9.17) is 4.74 Å². The summed E-state index contributed by atoms with van der Waals surface area (Å²) in [6.07, 6.45) is -1.96. The number of nitriles is 1. The first-order valence-electron chi connectivity index (χ1n) is 11.9. The number of alkyl halides is 3. The number of aliphatic hydroxyl groups is 1. The van der Waals surface area contributed by atoms with Crippen molar-refractivity contribution in [3.63, 3.8) is 0 Å². The lowest BCUT2D eigenvalue weighted by atomic mass is 9.94. The summed E-state index contributed by atoms with van der Waals surface area (Å²) in [7, 11) is 0. The van der Waals surface area contributed by atoms with Gasteiger partial charge in [-0.15, -0.1) is 0 Å². The van der Waals surface area contributed by atoms with Crippen molar-refractivity contribution in [2.75, 3.05) is 19.8 Å². The lowest BCUT2D eigenvalue weighted by Gasteiger charge is -2.33. The molecule has 0 aromatic heterocycles. The summed E-state index contributed by atoms with van der Waals surface area (Å²) in [6.45, 7) is -0.182. The number of nitrogens with zero attached hydrogens (tertiary/aromatic N) is 2. The molecule has 1 saturated heterocycles. The molecular weight excluding hydrogens is 497 g/mol. The van der Waals surface area contributed by atoms with Crippen molar-refractivity contribution in [3.8, 4) is 17.2 Å². The number of ether oxygens (including phenoxy) is 1. The zero-order valence-electron chi connectivity index (χ0n) is 20.3. The number of halogens is 3. The minimum Gasteiger partial charge on any atom is -0.480 e. The molecule has 3 aromatic rings. The lowest BCUT2D eigenvalue weighted by molar-refractivity contribution is -0.150. The van der Waals surface area contributed by atoms with E-state index >= 15 is 0 Å². The summed E-state index contributed by atoms with van der Waals surface area (Å²) in [5.74, 6) is -1.13. The normalized spacial score (nSPS) is 16.4. The highest BCUT2D eigenvalue weighted by Gasteiger charge is 2.35. The van der Waals surface area contributed by atoms with Crippen LogP contribution in [0.1, 0.15) is 33.4 Å². The minimum atomic E-state index is -4.70. The van der Waals surface area contributed by atoms with Gasteiger partial charge in [-0.25, -0.2) is 0 Å². The standard InChI is InChI=1S/C29H25F3N2O4/c30-29(31,32)26-14-22(16-34-11-12-38-18-27(34)28(36)37)23(17-35)13-21(26)10-9-20-7-4-8-24(25(20)15-33)19-5-2-1-3-6-19/h1-10,13-14,27,35H,11-12,16-18H2,(H,36,37)/b10-9+/t27-/m0/s1. The fraction of sp³-hybridized carbons (Fsp3) is 0.241. The number of hydrogen-bond donors (Lipinski definition) is 2. The molecule has 0 aliphatic carbocycles. The summed E-state index contributed by atoms with van der Waals surface area (Å²) in [6, 6.07) is 17.8. The van der Waals surface area contributed by atoms with E-state index in [-0.39, 0.29) is 43.0 Å². The van der Waals surface area contributed by atoms with Crippen molar-refractivity contribution in [1.29, 1.82) is 5.26 Å². The molecule has 1 atom stereocenters. The second kappa shape index (κ2) is 11.6. The van der Waals surface area contributed by atoms with Crippen LogP contribution >= 0.6 is 0 Å². The van der Waals surface area contributed by atoms with Crippen molar-refractivity contribution in [1.82, 2.24) is 4.90 Å². The molecule has 1 aliphatic rings. The van der Waals surface area contributed by atoms with Gasteiger partial charge >= 0.3 is 12.1 Å². The topological polar surface area (TPSA) is 93.8 Å². The number of carboxylic acid groups (broad SMARTS) is 1. The van der Waals surface area contributed by atoms with Gasteiger partial charge in [0.15, 0.2) is 0 Å². The second-order valence-corrected chi connectivity index (χ2v) is 8.84. The fourth-order valence-electron chi connectivity index (χ4n) is 4.53. The molecule has 3 aromatic carbocycles. The highest BCUT2D eigenvalue weighted by molar-refractivity contribution is 5.81. The molecule has 0 bridgehead atoms. The Bertz CT molecular complexity index is 1380. The van der Waals surface area contributed by atoms with Crippen molar-refractivity contribution < 1.29 is 32.9 Å². The number of aliphatic carboxylic acids is 1. The first kappa shape index (κ1) is 27.1. The van der Waals surface area contributed by atoms with Crippen molar-refractivity contribution in [3.05, 3.63) is 94.0 Å². The van der Waals surface area contributed by atoms with E-state index in [1.807, 2.05) is 30.3 Å². The van der Waals surface area contributed by atoms with Gasteiger partial charge in [-0.2, -0.15) is 18.4 Å². The van der Waals surface area contributed by atoms with Crippen LogP contribution in [0.15, 0.2) is 60.7 Å². The van der Waals surface area contributed by atoms with Gasteiger partial charge < -0.3 is 14.9 Å². The van der Waals surface area contributed by atoms with E-state index in [0.717, 1.165) is 11.6 Å². The Morgan fingerprint density at radius 2 is 1.82 bits per heavy atom. The summed E-state index contributed by atoms with van der Waals surface area (Å²) in [5, 5.41) is 29.3. The number of morpholine rings is 1. The maximum absolute atomic E-state index is 14.1. The van der Waals surface area contributed by atoms with Crippen molar-refractivity contribution >= 4 is 18.1 Å². The summed E-state index contributed by atoms with van der Waals surface area (Å²) in [5.41, 5.74) is 1.61.